The molecule has 0 radical (unpaired) electrons. The van der Waals surface area contributed by atoms with Gasteiger partial charge in [0.1, 0.15) is 0 Å². The molecule has 0 atom stereocenters. The van der Waals surface area contributed by atoms with Gasteiger partial charge < -0.3 is 13.7 Å². The zero-order chi connectivity index (χ0) is 71.4. The maximum atomic E-state index is 5.55. The van der Waals surface area contributed by atoms with Crippen LogP contribution in [0.15, 0.2) is 358 Å². The highest BCUT2D eigenvalue weighted by Gasteiger charge is 2.27. The molecule has 0 saturated heterocycles. The van der Waals surface area contributed by atoms with Crippen LogP contribution in [0.2, 0.25) is 0 Å². The van der Waals surface area contributed by atoms with E-state index in [1.807, 2.05) is 18.2 Å². The van der Waals surface area contributed by atoms with Gasteiger partial charge in [-0.05, 0) is 124 Å². The van der Waals surface area contributed by atoms with Crippen molar-refractivity contribution in [3.05, 3.63) is 358 Å². The molecule has 7 heterocycles. The second-order valence-corrected chi connectivity index (χ2v) is 28.2. The predicted octanol–water partition coefficient (Wildman–Crippen LogP) is 24.2. The molecule has 7 aromatic heterocycles. The quantitative estimate of drug-likeness (QED) is 0.135. The van der Waals surface area contributed by atoms with Crippen LogP contribution in [0, 0.1) is 0 Å². The fourth-order valence-corrected chi connectivity index (χ4v) is 17.3. The fourth-order valence-electron chi connectivity index (χ4n) is 17.3. The number of aromatic nitrogens is 11. The van der Waals surface area contributed by atoms with E-state index in [1.165, 1.54) is 16.2 Å². The molecule has 0 fully saturated rings. The third-order valence-corrected chi connectivity index (χ3v) is 22.2. The summed E-state index contributed by atoms with van der Waals surface area (Å²) in [5.74, 6) is 3.40. The van der Waals surface area contributed by atoms with Crippen molar-refractivity contribution >= 4 is 131 Å². The number of hydrogen-bond acceptors (Lipinski definition) is 6. The van der Waals surface area contributed by atoms with Crippen LogP contribution in [0.5, 0.6) is 0 Å². The maximum Gasteiger partial charge on any atom is 0.238 e. The minimum atomic E-state index is 0.524. The minimum Gasteiger partial charge on any atom is -0.309 e. The van der Waals surface area contributed by atoms with Crippen LogP contribution in [-0.2, 0) is 0 Å². The topological polar surface area (TPSA) is 102 Å². The smallest absolute Gasteiger partial charge is 0.238 e. The normalized spacial score (nSPS) is 12.0. The van der Waals surface area contributed by atoms with E-state index in [0.717, 1.165) is 165 Å². The van der Waals surface area contributed by atoms with Crippen molar-refractivity contribution in [1.82, 2.24) is 52.7 Å². The monoisotopic (exact) mass is 1390 g/mol. The molecule has 0 bridgehead atoms. The third kappa shape index (κ3) is 9.30. The first-order chi connectivity index (χ1) is 54.1. The van der Waals surface area contributed by atoms with Crippen LogP contribution < -0.4 is 0 Å². The molecule has 109 heavy (non-hydrogen) atoms. The van der Waals surface area contributed by atoms with Gasteiger partial charge in [-0.25, -0.2) is 9.97 Å². The minimum absolute atomic E-state index is 0.524. The number of nitrogens with zero attached hydrogens (tertiary/aromatic N) is 11. The highest BCUT2D eigenvalue weighted by Crippen LogP contribution is 2.45. The molecule has 0 N–H and O–H groups in total. The van der Waals surface area contributed by atoms with Crippen molar-refractivity contribution in [2.45, 2.75) is 0 Å². The summed E-state index contributed by atoms with van der Waals surface area (Å²) in [6, 6.07) is 128. The lowest BCUT2D eigenvalue weighted by molar-refractivity contribution is 0.953. The Balaban J connectivity index is 0.684. The molecule has 0 amide bonds. The van der Waals surface area contributed by atoms with Crippen LogP contribution in [0.3, 0.4) is 0 Å². The Labute approximate surface area is 623 Å². The molecular weight excluding hydrogens is 1330 g/mol. The summed E-state index contributed by atoms with van der Waals surface area (Å²) < 4.78 is 11.7. The van der Waals surface area contributed by atoms with Crippen molar-refractivity contribution in [2.75, 3.05) is 0 Å². The molecule has 23 aromatic rings. The molecule has 0 saturated carbocycles. The summed E-state index contributed by atoms with van der Waals surface area (Å²) in [6.07, 6.45) is 0. The van der Waals surface area contributed by atoms with Crippen molar-refractivity contribution in [3.8, 4) is 85.6 Å². The fraction of sp³-hybridized carbons (Fsp3) is 0. The van der Waals surface area contributed by atoms with E-state index in [2.05, 4.69) is 363 Å². The number of benzene rings is 16. The van der Waals surface area contributed by atoms with E-state index < -0.39 is 0 Å². The van der Waals surface area contributed by atoms with Gasteiger partial charge in [0.25, 0.3) is 0 Å². The first-order valence-electron chi connectivity index (χ1n) is 36.8. The Hall–Kier alpha value is -14.9. The lowest BCUT2D eigenvalue weighted by Crippen LogP contribution is -2.07. The van der Waals surface area contributed by atoms with E-state index in [0.29, 0.717) is 35.2 Å². The lowest BCUT2D eigenvalue weighted by atomic mass is 10.0. The Bertz CT molecular complexity index is 7570. The van der Waals surface area contributed by atoms with Gasteiger partial charge >= 0.3 is 0 Å². The van der Waals surface area contributed by atoms with Gasteiger partial charge in [-0.1, -0.05) is 267 Å². The molecule has 0 aliphatic carbocycles. The van der Waals surface area contributed by atoms with Crippen LogP contribution in [0.4, 0.5) is 0 Å². The second kappa shape index (κ2) is 23.8. The zero-order valence-corrected chi connectivity index (χ0v) is 58.5. The summed E-state index contributed by atoms with van der Waals surface area (Å²) >= 11 is 0. The van der Waals surface area contributed by atoms with Crippen LogP contribution in [0.1, 0.15) is 0 Å². The maximum absolute atomic E-state index is 5.55. The molecule has 0 unspecified atom stereocenters. The van der Waals surface area contributed by atoms with E-state index >= 15 is 0 Å². The van der Waals surface area contributed by atoms with E-state index in [-0.39, 0.29) is 0 Å². The van der Waals surface area contributed by atoms with Gasteiger partial charge in [-0.3, -0.25) is 9.13 Å². The van der Waals surface area contributed by atoms with Gasteiger partial charge in [0, 0.05) is 93.2 Å². The molecule has 0 aliphatic heterocycles. The molecule has 0 spiro atoms. The summed E-state index contributed by atoms with van der Waals surface area (Å²) in [4.78, 5) is 32.7. The lowest BCUT2D eigenvalue weighted by Gasteiger charge is -2.14. The zero-order valence-electron chi connectivity index (χ0n) is 58.5. The number of para-hydroxylation sites is 6. The highest BCUT2D eigenvalue weighted by molar-refractivity contribution is 6.24. The van der Waals surface area contributed by atoms with Crippen molar-refractivity contribution in [2.24, 2.45) is 0 Å². The SMILES string of the molecule is c1ccc(-c2nc(-c3ccc(-c4ccc5c(c4)c4ccccc4n5-c4ccc5c(c4)c4cc(-n6c7ccccc7c7ccccc76)ccc4n5-c4nc(-c5cccc6ccccc56)nc(-c5cccc6ccccc56)n4)cc3)nc(-n3c4ccccc4c4ccc5c6ccccc6n(-c6ccccc6)c5c43)n2)cc1. The molecule has 0 aliphatic rings. The molecule has 11 heteroatoms. The Kier molecular flexibility index (Phi) is 13.2. The average Bonchev–Trinajstić information content (AvgIpc) is 1.55. The van der Waals surface area contributed by atoms with E-state index in [4.69, 9.17) is 29.9 Å². The van der Waals surface area contributed by atoms with Gasteiger partial charge in [-0.2, -0.15) is 19.9 Å². The van der Waals surface area contributed by atoms with E-state index in [9.17, 15) is 0 Å². The number of rotatable bonds is 10. The predicted molar refractivity (Wildman–Crippen MR) is 447 cm³/mol. The summed E-state index contributed by atoms with van der Waals surface area (Å²) in [5.41, 5.74) is 19.6. The van der Waals surface area contributed by atoms with Gasteiger partial charge in [0.2, 0.25) is 11.9 Å². The first kappa shape index (κ1) is 60.5. The highest BCUT2D eigenvalue weighted by atomic mass is 15.2. The average molecular weight is 1390 g/mol. The van der Waals surface area contributed by atoms with Crippen LogP contribution in [-0.4, -0.2) is 52.7 Å². The van der Waals surface area contributed by atoms with Gasteiger partial charge in [0.05, 0.1) is 55.2 Å². The number of fused-ring (bicyclic) bond motifs is 18. The molecule has 23 rings (SSSR count). The molecule has 506 valence electrons. The van der Waals surface area contributed by atoms with Gasteiger partial charge in [0.15, 0.2) is 23.3 Å². The van der Waals surface area contributed by atoms with Crippen molar-refractivity contribution in [3.63, 3.8) is 0 Å². The third-order valence-electron chi connectivity index (χ3n) is 22.2. The molecular formula is C98H59N11. The molecule has 16 aromatic carbocycles. The summed E-state index contributed by atoms with van der Waals surface area (Å²) in [5, 5.41) is 15.7. The Morgan fingerprint density at radius 3 is 1.04 bits per heavy atom. The van der Waals surface area contributed by atoms with Crippen molar-refractivity contribution in [1.29, 1.82) is 0 Å². The van der Waals surface area contributed by atoms with Crippen LogP contribution in [0.25, 0.3) is 216 Å². The summed E-state index contributed by atoms with van der Waals surface area (Å²) in [7, 11) is 0. The second-order valence-electron chi connectivity index (χ2n) is 28.2. The van der Waals surface area contributed by atoms with Crippen molar-refractivity contribution < 1.29 is 0 Å². The largest absolute Gasteiger partial charge is 0.309 e. The van der Waals surface area contributed by atoms with Gasteiger partial charge in [-0.15, -0.1) is 0 Å². The van der Waals surface area contributed by atoms with E-state index in [1.54, 1.807) is 0 Å². The standard InChI is InChI=1S/C98H59N11/c1-3-25-63(26-4-1)93-99-94(102-98(101-93)109-87-44-20-14-36-74(87)77-53-52-76-73-35-13-19-43-86(73)107(91(76)92(77)109)66-29-5-2-6-30-66)64-47-45-60(46-48-64)65-49-54-88-80(57-65)75-37-15-18-42-85(75)106(88)68-51-56-90-82(59-68)81-58-67(105-83-40-16-11-33-71(83)72-34-12-17-41-84(72)105)50-55-89(81)108(90)97-103-95(78-38-21-27-61-23-7-9-31-69(61)78)100-96(104-97)79-39-22-28-62-24-8-10-32-70(62)79/h1-59H. The Morgan fingerprint density at radius 1 is 0.165 bits per heavy atom. The van der Waals surface area contributed by atoms with Crippen LogP contribution >= 0.6 is 0 Å². The molecule has 11 nitrogen and oxygen atoms in total. The Morgan fingerprint density at radius 2 is 0.505 bits per heavy atom. The number of hydrogen-bond donors (Lipinski definition) is 0. The first-order valence-corrected chi connectivity index (χ1v) is 36.8. The summed E-state index contributed by atoms with van der Waals surface area (Å²) in [6.45, 7) is 0.